The fourth-order valence-electron chi connectivity index (χ4n) is 3.03. The zero-order valence-corrected chi connectivity index (χ0v) is 13.2. The first-order valence-corrected chi connectivity index (χ1v) is 7.87. The Bertz CT molecular complexity index is 406. The van der Waals surface area contributed by atoms with E-state index in [9.17, 15) is 0 Å². The quantitative estimate of drug-likeness (QED) is 0.895. The molecular weight excluding hydrogens is 246 g/mol. The van der Waals surface area contributed by atoms with Crippen molar-refractivity contribution in [2.45, 2.75) is 33.2 Å². The van der Waals surface area contributed by atoms with Gasteiger partial charge in [0, 0.05) is 44.5 Å². The van der Waals surface area contributed by atoms with Crippen molar-refractivity contribution in [3.63, 3.8) is 0 Å². The molecule has 1 aliphatic rings. The highest BCUT2D eigenvalue weighted by Crippen LogP contribution is 2.23. The van der Waals surface area contributed by atoms with Gasteiger partial charge in [-0.05, 0) is 30.9 Å². The highest BCUT2D eigenvalue weighted by atomic mass is 15.3. The molecule has 0 spiro atoms. The highest BCUT2D eigenvalue weighted by molar-refractivity contribution is 5.54. The molecule has 1 saturated heterocycles. The summed E-state index contributed by atoms with van der Waals surface area (Å²) < 4.78 is 0. The predicted molar refractivity (Wildman–Crippen MR) is 87.3 cm³/mol. The second-order valence-corrected chi connectivity index (χ2v) is 6.49. The second-order valence-electron chi connectivity index (χ2n) is 6.49. The normalized spacial score (nSPS) is 18.6. The number of nitrogens with zero attached hydrogens (tertiary/aromatic N) is 2. The largest absolute Gasteiger partial charge is 0.369 e. The molecule has 1 unspecified atom stereocenters. The molecule has 3 heteroatoms. The third-order valence-electron chi connectivity index (χ3n) is 3.87. The third-order valence-corrected chi connectivity index (χ3v) is 3.87. The molecule has 2 N–H and O–H groups in total. The molecule has 1 aliphatic heterocycles. The van der Waals surface area contributed by atoms with Crippen LogP contribution in [0.15, 0.2) is 24.3 Å². The van der Waals surface area contributed by atoms with Gasteiger partial charge in [0.2, 0.25) is 0 Å². The van der Waals surface area contributed by atoms with E-state index in [1.54, 1.807) is 0 Å². The Kier molecular flexibility index (Phi) is 5.44. The molecule has 0 aromatic heterocycles. The SMILES string of the molecule is CC(C)CN1CCN(c2ccccc2CC(C)N)CC1. The van der Waals surface area contributed by atoms with Gasteiger partial charge >= 0.3 is 0 Å². The first-order chi connectivity index (χ1) is 9.56. The standard InChI is InChI=1S/C17H29N3/c1-14(2)13-19-8-10-20(11-9-19)17-7-5-4-6-16(17)12-15(3)18/h4-7,14-15H,8-13,18H2,1-3H3. The van der Waals surface area contributed by atoms with E-state index < -0.39 is 0 Å². The zero-order valence-electron chi connectivity index (χ0n) is 13.2. The summed E-state index contributed by atoms with van der Waals surface area (Å²) in [5, 5.41) is 0. The molecule has 1 heterocycles. The Labute approximate surface area is 123 Å². The van der Waals surface area contributed by atoms with Crippen molar-refractivity contribution in [1.29, 1.82) is 0 Å². The predicted octanol–water partition coefficient (Wildman–Crippen LogP) is 2.35. The van der Waals surface area contributed by atoms with Gasteiger partial charge in [-0.1, -0.05) is 32.0 Å². The number of piperazine rings is 1. The van der Waals surface area contributed by atoms with E-state index in [0.717, 1.165) is 25.4 Å². The lowest BCUT2D eigenvalue weighted by molar-refractivity contribution is 0.231. The van der Waals surface area contributed by atoms with Crippen LogP contribution in [0.4, 0.5) is 5.69 Å². The number of anilines is 1. The van der Waals surface area contributed by atoms with E-state index in [4.69, 9.17) is 5.73 Å². The summed E-state index contributed by atoms with van der Waals surface area (Å²) >= 11 is 0. The minimum atomic E-state index is 0.221. The van der Waals surface area contributed by atoms with E-state index in [0.29, 0.717) is 0 Å². The monoisotopic (exact) mass is 275 g/mol. The van der Waals surface area contributed by atoms with E-state index >= 15 is 0 Å². The van der Waals surface area contributed by atoms with Gasteiger partial charge in [0.05, 0.1) is 0 Å². The Morgan fingerprint density at radius 3 is 2.30 bits per heavy atom. The van der Waals surface area contributed by atoms with Crippen LogP contribution in [0.25, 0.3) is 0 Å². The number of hydrogen-bond acceptors (Lipinski definition) is 3. The maximum atomic E-state index is 5.97. The molecule has 1 fully saturated rings. The summed E-state index contributed by atoms with van der Waals surface area (Å²) in [5.41, 5.74) is 8.75. The van der Waals surface area contributed by atoms with E-state index in [1.807, 2.05) is 0 Å². The Balaban J connectivity index is 1.99. The van der Waals surface area contributed by atoms with Crippen LogP contribution in [0.3, 0.4) is 0 Å². The Morgan fingerprint density at radius 2 is 1.70 bits per heavy atom. The fourth-order valence-corrected chi connectivity index (χ4v) is 3.03. The molecule has 1 atom stereocenters. The van der Waals surface area contributed by atoms with E-state index in [-0.39, 0.29) is 6.04 Å². The van der Waals surface area contributed by atoms with Crippen LogP contribution in [-0.2, 0) is 6.42 Å². The number of rotatable bonds is 5. The van der Waals surface area contributed by atoms with Crippen molar-refractivity contribution in [2.75, 3.05) is 37.6 Å². The number of hydrogen-bond donors (Lipinski definition) is 1. The van der Waals surface area contributed by atoms with Gasteiger partial charge in [0.15, 0.2) is 0 Å². The summed E-state index contributed by atoms with van der Waals surface area (Å²) in [5.74, 6) is 0.756. The Hall–Kier alpha value is -1.06. The van der Waals surface area contributed by atoms with Crippen molar-refractivity contribution in [1.82, 2.24) is 4.90 Å². The molecule has 0 saturated carbocycles. The van der Waals surface area contributed by atoms with E-state index in [2.05, 4.69) is 54.8 Å². The van der Waals surface area contributed by atoms with Crippen molar-refractivity contribution in [3.05, 3.63) is 29.8 Å². The summed E-state index contributed by atoms with van der Waals surface area (Å²) in [4.78, 5) is 5.10. The Morgan fingerprint density at radius 1 is 1.05 bits per heavy atom. The molecular formula is C17H29N3. The first kappa shape index (κ1) is 15.3. The lowest BCUT2D eigenvalue weighted by atomic mass is 10.0. The summed E-state index contributed by atoms with van der Waals surface area (Å²) in [6.07, 6.45) is 0.961. The lowest BCUT2D eigenvalue weighted by Crippen LogP contribution is -2.47. The first-order valence-electron chi connectivity index (χ1n) is 7.87. The third kappa shape index (κ3) is 4.22. The fraction of sp³-hybridized carbons (Fsp3) is 0.647. The van der Waals surface area contributed by atoms with Crippen LogP contribution in [-0.4, -0.2) is 43.7 Å². The van der Waals surface area contributed by atoms with Gasteiger partial charge in [-0.2, -0.15) is 0 Å². The van der Waals surface area contributed by atoms with Crippen molar-refractivity contribution in [3.8, 4) is 0 Å². The summed E-state index contributed by atoms with van der Waals surface area (Å²) in [6.45, 7) is 12.5. The van der Waals surface area contributed by atoms with Crippen LogP contribution >= 0.6 is 0 Å². The second kappa shape index (κ2) is 7.09. The molecule has 0 bridgehead atoms. The van der Waals surface area contributed by atoms with Crippen molar-refractivity contribution in [2.24, 2.45) is 11.7 Å². The summed E-state index contributed by atoms with van der Waals surface area (Å²) in [7, 11) is 0. The van der Waals surface area contributed by atoms with Gasteiger partial charge in [-0.3, -0.25) is 4.90 Å². The molecule has 3 nitrogen and oxygen atoms in total. The molecule has 0 radical (unpaired) electrons. The van der Waals surface area contributed by atoms with Gasteiger partial charge in [-0.15, -0.1) is 0 Å². The summed E-state index contributed by atoms with van der Waals surface area (Å²) in [6, 6.07) is 8.95. The number of benzene rings is 1. The zero-order chi connectivity index (χ0) is 14.5. The van der Waals surface area contributed by atoms with Gasteiger partial charge in [-0.25, -0.2) is 0 Å². The smallest absolute Gasteiger partial charge is 0.0400 e. The molecule has 1 aromatic carbocycles. The molecule has 2 rings (SSSR count). The molecule has 0 amide bonds. The van der Waals surface area contributed by atoms with Crippen LogP contribution in [0.1, 0.15) is 26.3 Å². The van der Waals surface area contributed by atoms with Crippen LogP contribution in [0.2, 0.25) is 0 Å². The average Bonchev–Trinajstić information content (AvgIpc) is 2.39. The molecule has 112 valence electrons. The maximum absolute atomic E-state index is 5.97. The topological polar surface area (TPSA) is 32.5 Å². The highest BCUT2D eigenvalue weighted by Gasteiger charge is 2.19. The molecule has 0 aliphatic carbocycles. The average molecular weight is 275 g/mol. The van der Waals surface area contributed by atoms with Crippen molar-refractivity contribution >= 4 is 5.69 Å². The number of para-hydroxylation sites is 1. The minimum Gasteiger partial charge on any atom is -0.369 e. The maximum Gasteiger partial charge on any atom is 0.0400 e. The van der Waals surface area contributed by atoms with Gasteiger partial charge in [0.25, 0.3) is 0 Å². The van der Waals surface area contributed by atoms with Gasteiger partial charge in [0.1, 0.15) is 0 Å². The van der Waals surface area contributed by atoms with Crippen LogP contribution in [0, 0.1) is 5.92 Å². The lowest BCUT2D eigenvalue weighted by Gasteiger charge is -2.37. The minimum absolute atomic E-state index is 0.221. The van der Waals surface area contributed by atoms with Gasteiger partial charge < -0.3 is 10.6 Å². The molecule has 20 heavy (non-hydrogen) atoms. The molecule has 1 aromatic rings. The van der Waals surface area contributed by atoms with E-state index in [1.165, 1.54) is 30.9 Å². The number of nitrogens with two attached hydrogens (primary N) is 1. The van der Waals surface area contributed by atoms with Crippen molar-refractivity contribution < 1.29 is 0 Å². The van der Waals surface area contributed by atoms with Crippen LogP contribution < -0.4 is 10.6 Å². The van der Waals surface area contributed by atoms with Crippen LogP contribution in [0.5, 0.6) is 0 Å².